The highest BCUT2D eigenvalue weighted by Crippen LogP contribution is 2.34. The average Bonchev–Trinajstić information content (AvgIpc) is 2.48. The first-order chi connectivity index (χ1) is 9.56. The Morgan fingerprint density at radius 3 is 2.40 bits per heavy atom. The Morgan fingerprint density at radius 2 is 1.75 bits per heavy atom. The molecule has 0 spiro atoms. The van der Waals surface area contributed by atoms with Gasteiger partial charge in [-0.2, -0.15) is 0 Å². The molecule has 2 rings (SSSR count). The molecule has 0 aliphatic rings. The van der Waals surface area contributed by atoms with E-state index in [1.807, 2.05) is 37.3 Å². The molecule has 0 amide bonds. The highest BCUT2D eigenvalue weighted by molar-refractivity contribution is 9.10. The molecule has 0 bridgehead atoms. The Morgan fingerprint density at radius 1 is 1.00 bits per heavy atom. The molecule has 0 aromatic heterocycles. The molecule has 1 atom stereocenters. The van der Waals surface area contributed by atoms with Crippen LogP contribution in [0.15, 0.2) is 40.9 Å². The Kier molecular flexibility index (Phi) is 4.68. The van der Waals surface area contributed by atoms with Crippen LogP contribution in [0.5, 0.6) is 11.5 Å². The van der Waals surface area contributed by atoms with Gasteiger partial charge in [0.1, 0.15) is 11.5 Å². The van der Waals surface area contributed by atoms with Gasteiger partial charge in [-0.3, -0.25) is 0 Å². The van der Waals surface area contributed by atoms with Crippen LogP contribution in [0.1, 0.15) is 22.7 Å². The molecule has 106 valence electrons. The summed E-state index contributed by atoms with van der Waals surface area (Å²) in [5, 5.41) is 0. The Bertz CT molecular complexity index is 613. The van der Waals surface area contributed by atoms with Gasteiger partial charge in [0.15, 0.2) is 0 Å². The van der Waals surface area contributed by atoms with Crippen LogP contribution < -0.4 is 15.2 Å². The number of halogens is 1. The fraction of sp³-hybridized carbons (Fsp3) is 0.250. The molecule has 0 radical (unpaired) electrons. The molecule has 0 saturated heterocycles. The van der Waals surface area contributed by atoms with Crippen molar-refractivity contribution < 1.29 is 9.47 Å². The molecule has 0 heterocycles. The maximum absolute atomic E-state index is 6.40. The summed E-state index contributed by atoms with van der Waals surface area (Å²) < 4.78 is 11.6. The first-order valence-corrected chi connectivity index (χ1v) is 7.09. The van der Waals surface area contributed by atoms with Crippen molar-refractivity contribution in [1.29, 1.82) is 0 Å². The number of nitrogens with two attached hydrogens (primary N) is 1. The van der Waals surface area contributed by atoms with Gasteiger partial charge in [0, 0.05) is 16.1 Å². The number of benzene rings is 2. The standard InChI is InChI=1S/C16H18BrNO2/c1-10-4-7-14(17)13(8-10)16(18)12-6-5-11(19-2)9-15(12)20-3/h4-9,16H,18H2,1-3H3. The predicted octanol–water partition coefficient (Wildman–Crippen LogP) is 3.82. The minimum absolute atomic E-state index is 0.259. The van der Waals surface area contributed by atoms with Crippen LogP contribution in [0.2, 0.25) is 0 Å². The molecule has 20 heavy (non-hydrogen) atoms. The predicted molar refractivity (Wildman–Crippen MR) is 84.5 cm³/mol. The van der Waals surface area contributed by atoms with Crippen molar-refractivity contribution in [3.63, 3.8) is 0 Å². The number of hydrogen-bond donors (Lipinski definition) is 1. The van der Waals surface area contributed by atoms with E-state index in [-0.39, 0.29) is 6.04 Å². The molecule has 0 fully saturated rings. The number of methoxy groups -OCH3 is 2. The third kappa shape index (κ3) is 2.97. The molecule has 3 nitrogen and oxygen atoms in total. The summed E-state index contributed by atoms with van der Waals surface area (Å²) in [6.07, 6.45) is 0. The van der Waals surface area contributed by atoms with Gasteiger partial charge in [0.2, 0.25) is 0 Å². The highest BCUT2D eigenvalue weighted by Gasteiger charge is 2.17. The van der Waals surface area contributed by atoms with Crippen LogP contribution in [-0.2, 0) is 0 Å². The average molecular weight is 336 g/mol. The summed E-state index contributed by atoms with van der Waals surface area (Å²) in [4.78, 5) is 0. The SMILES string of the molecule is COc1ccc(C(N)c2cc(C)ccc2Br)c(OC)c1. The lowest BCUT2D eigenvalue weighted by Gasteiger charge is -2.18. The van der Waals surface area contributed by atoms with E-state index in [2.05, 4.69) is 22.0 Å². The highest BCUT2D eigenvalue weighted by atomic mass is 79.9. The van der Waals surface area contributed by atoms with Gasteiger partial charge in [-0.1, -0.05) is 33.6 Å². The second-order valence-corrected chi connectivity index (χ2v) is 5.46. The zero-order chi connectivity index (χ0) is 14.7. The minimum Gasteiger partial charge on any atom is -0.497 e. The van der Waals surface area contributed by atoms with Crippen LogP contribution >= 0.6 is 15.9 Å². The van der Waals surface area contributed by atoms with Crippen molar-refractivity contribution >= 4 is 15.9 Å². The number of ether oxygens (including phenoxy) is 2. The summed E-state index contributed by atoms with van der Waals surface area (Å²) in [6.45, 7) is 2.05. The summed E-state index contributed by atoms with van der Waals surface area (Å²) in [5.41, 5.74) is 9.54. The number of aryl methyl sites for hydroxylation is 1. The second-order valence-electron chi connectivity index (χ2n) is 4.61. The van der Waals surface area contributed by atoms with Crippen LogP contribution in [0.4, 0.5) is 0 Å². The molecule has 0 aliphatic heterocycles. The molecular formula is C16H18BrNO2. The lowest BCUT2D eigenvalue weighted by atomic mass is 9.97. The summed E-state index contributed by atoms with van der Waals surface area (Å²) >= 11 is 3.56. The molecule has 0 aliphatic carbocycles. The Hall–Kier alpha value is -1.52. The van der Waals surface area contributed by atoms with Crippen molar-refractivity contribution in [2.45, 2.75) is 13.0 Å². The molecular weight excluding hydrogens is 318 g/mol. The van der Waals surface area contributed by atoms with Crippen LogP contribution in [0.3, 0.4) is 0 Å². The smallest absolute Gasteiger partial charge is 0.127 e. The Labute approximate surface area is 127 Å². The third-order valence-corrected chi connectivity index (χ3v) is 3.98. The van der Waals surface area contributed by atoms with E-state index in [1.165, 1.54) is 5.56 Å². The zero-order valence-electron chi connectivity index (χ0n) is 11.8. The topological polar surface area (TPSA) is 44.5 Å². The Balaban J connectivity index is 2.47. The quantitative estimate of drug-likeness (QED) is 0.923. The van der Waals surface area contributed by atoms with Crippen molar-refractivity contribution in [2.24, 2.45) is 5.73 Å². The van der Waals surface area contributed by atoms with Crippen LogP contribution in [0, 0.1) is 6.92 Å². The maximum Gasteiger partial charge on any atom is 0.127 e. The molecule has 2 N–H and O–H groups in total. The third-order valence-electron chi connectivity index (χ3n) is 3.26. The maximum atomic E-state index is 6.40. The van der Waals surface area contributed by atoms with E-state index in [4.69, 9.17) is 15.2 Å². The molecule has 1 unspecified atom stereocenters. The van der Waals surface area contributed by atoms with Gasteiger partial charge in [-0.05, 0) is 30.7 Å². The largest absolute Gasteiger partial charge is 0.497 e. The van der Waals surface area contributed by atoms with E-state index >= 15 is 0 Å². The van der Waals surface area contributed by atoms with E-state index in [0.29, 0.717) is 0 Å². The lowest BCUT2D eigenvalue weighted by Crippen LogP contribution is -2.14. The van der Waals surface area contributed by atoms with Crippen molar-refractivity contribution in [2.75, 3.05) is 14.2 Å². The van der Waals surface area contributed by atoms with Crippen molar-refractivity contribution in [3.8, 4) is 11.5 Å². The monoisotopic (exact) mass is 335 g/mol. The summed E-state index contributed by atoms with van der Waals surface area (Å²) in [5.74, 6) is 1.48. The summed E-state index contributed by atoms with van der Waals surface area (Å²) in [7, 11) is 3.27. The molecule has 2 aromatic rings. The normalized spacial score (nSPS) is 12.1. The molecule has 0 saturated carbocycles. The van der Waals surface area contributed by atoms with Gasteiger partial charge >= 0.3 is 0 Å². The van der Waals surface area contributed by atoms with Gasteiger partial charge in [0.05, 0.1) is 20.3 Å². The lowest BCUT2D eigenvalue weighted by molar-refractivity contribution is 0.390. The number of hydrogen-bond acceptors (Lipinski definition) is 3. The number of rotatable bonds is 4. The van der Waals surface area contributed by atoms with Crippen LogP contribution in [-0.4, -0.2) is 14.2 Å². The zero-order valence-corrected chi connectivity index (χ0v) is 13.4. The van der Waals surface area contributed by atoms with E-state index in [1.54, 1.807) is 14.2 Å². The van der Waals surface area contributed by atoms with E-state index in [0.717, 1.165) is 27.1 Å². The minimum atomic E-state index is -0.259. The van der Waals surface area contributed by atoms with E-state index in [9.17, 15) is 0 Å². The van der Waals surface area contributed by atoms with Gasteiger partial charge in [-0.25, -0.2) is 0 Å². The van der Waals surface area contributed by atoms with Crippen molar-refractivity contribution in [3.05, 3.63) is 57.6 Å². The van der Waals surface area contributed by atoms with Crippen LogP contribution in [0.25, 0.3) is 0 Å². The fourth-order valence-electron chi connectivity index (χ4n) is 2.14. The van der Waals surface area contributed by atoms with Crippen molar-refractivity contribution in [1.82, 2.24) is 0 Å². The van der Waals surface area contributed by atoms with Gasteiger partial charge in [-0.15, -0.1) is 0 Å². The van der Waals surface area contributed by atoms with Gasteiger partial charge < -0.3 is 15.2 Å². The molecule has 2 aromatic carbocycles. The van der Waals surface area contributed by atoms with Gasteiger partial charge in [0.25, 0.3) is 0 Å². The molecule has 4 heteroatoms. The second kappa shape index (κ2) is 6.29. The summed E-state index contributed by atoms with van der Waals surface area (Å²) in [6, 6.07) is 11.6. The fourth-order valence-corrected chi connectivity index (χ4v) is 2.64. The first-order valence-electron chi connectivity index (χ1n) is 6.30. The van der Waals surface area contributed by atoms with E-state index < -0.39 is 0 Å². The first kappa shape index (κ1) is 14.9.